The van der Waals surface area contributed by atoms with Crippen LogP contribution in [0.4, 0.5) is 10.5 Å². The molecule has 0 aliphatic carbocycles. The summed E-state index contributed by atoms with van der Waals surface area (Å²) >= 11 is 0. The smallest absolute Gasteiger partial charge is 0.407 e. The molecular formula is C25H30N2O5. The van der Waals surface area contributed by atoms with Crippen molar-refractivity contribution in [1.82, 2.24) is 4.90 Å². The van der Waals surface area contributed by atoms with Crippen molar-refractivity contribution < 1.29 is 24.5 Å². The highest BCUT2D eigenvalue weighted by atomic mass is 16.5. The van der Waals surface area contributed by atoms with Gasteiger partial charge in [-0.3, -0.25) is 4.79 Å². The quantitative estimate of drug-likeness (QED) is 0.538. The summed E-state index contributed by atoms with van der Waals surface area (Å²) in [7, 11) is 1.56. The molecular weight excluding hydrogens is 408 g/mol. The summed E-state index contributed by atoms with van der Waals surface area (Å²) < 4.78 is 5.25. The summed E-state index contributed by atoms with van der Waals surface area (Å²) in [6, 6.07) is 16.6. The standard InChI is InChI=1S/C25H30N2O5/c1-32-15-14-21-17-27(24(30)31)16-20(9-5-8-18-6-3-2-4-7-18)25(21,23(28)29)19-10-12-22(26)13-11-19/h2-8,10-13,20-21H,9,14-17,26H2,1H3,(H,28,29)(H,30,31)/b8-5+. The number of hydrogen-bond acceptors (Lipinski definition) is 4. The molecule has 0 bridgehead atoms. The van der Waals surface area contributed by atoms with E-state index in [-0.39, 0.29) is 13.1 Å². The predicted molar refractivity (Wildman–Crippen MR) is 123 cm³/mol. The van der Waals surface area contributed by atoms with Gasteiger partial charge >= 0.3 is 12.1 Å². The third-order valence-electron chi connectivity index (χ3n) is 6.38. The summed E-state index contributed by atoms with van der Waals surface area (Å²) in [4.78, 5) is 26.2. The normalized spacial score (nSPS) is 23.3. The Morgan fingerprint density at radius 3 is 2.34 bits per heavy atom. The molecule has 7 nitrogen and oxygen atoms in total. The van der Waals surface area contributed by atoms with E-state index >= 15 is 0 Å². The lowest BCUT2D eigenvalue weighted by Crippen LogP contribution is -2.61. The number of carboxylic acid groups (broad SMARTS) is 2. The molecule has 1 heterocycles. The van der Waals surface area contributed by atoms with E-state index in [1.807, 2.05) is 42.5 Å². The minimum atomic E-state index is -1.26. The van der Waals surface area contributed by atoms with Gasteiger partial charge in [0.1, 0.15) is 5.41 Å². The molecule has 0 spiro atoms. The monoisotopic (exact) mass is 438 g/mol. The van der Waals surface area contributed by atoms with Crippen LogP contribution >= 0.6 is 0 Å². The van der Waals surface area contributed by atoms with E-state index in [0.717, 1.165) is 5.56 Å². The Kier molecular flexibility index (Phi) is 7.53. The molecule has 3 rings (SSSR count). The number of methoxy groups -OCH3 is 1. The molecule has 1 aliphatic rings. The van der Waals surface area contributed by atoms with Crippen LogP contribution < -0.4 is 5.73 Å². The third-order valence-corrected chi connectivity index (χ3v) is 6.38. The van der Waals surface area contributed by atoms with Crippen molar-refractivity contribution in [3.05, 3.63) is 71.8 Å². The van der Waals surface area contributed by atoms with E-state index in [0.29, 0.717) is 30.7 Å². The molecule has 1 fully saturated rings. The molecule has 7 heteroatoms. The zero-order valence-corrected chi connectivity index (χ0v) is 18.2. The second-order valence-electron chi connectivity index (χ2n) is 8.21. The van der Waals surface area contributed by atoms with Gasteiger partial charge in [0.25, 0.3) is 0 Å². The lowest BCUT2D eigenvalue weighted by molar-refractivity contribution is -0.153. The first kappa shape index (κ1) is 23.3. The van der Waals surface area contributed by atoms with Gasteiger partial charge in [0.05, 0.1) is 0 Å². The zero-order valence-electron chi connectivity index (χ0n) is 18.2. The van der Waals surface area contributed by atoms with Crippen LogP contribution in [0.15, 0.2) is 60.7 Å². The molecule has 2 aromatic rings. The van der Waals surface area contributed by atoms with Crippen LogP contribution in [0, 0.1) is 11.8 Å². The minimum Gasteiger partial charge on any atom is -0.481 e. The highest BCUT2D eigenvalue weighted by Crippen LogP contribution is 2.47. The summed E-state index contributed by atoms with van der Waals surface area (Å²) in [5.41, 5.74) is 6.79. The van der Waals surface area contributed by atoms with Gasteiger partial charge in [-0.2, -0.15) is 0 Å². The Morgan fingerprint density at radius 2 is 1.75 bits per heavy atom. The van der Waals surface area contributed by atoms with Crippen LogP contribution in [0.2, 0.25) is 0 Å². The van der Waals surface area contributed by atoms with Crippen molar-refractivity contribution in [2.24, 2.45) is 11.8 Å². The number of piperidine rings is 1. The van der Waals surface area contributed by atoms with Crippen LogP contribution in [-0.4, -0.2) is 54.0 Å². The molecule has 0 aromatic heterocycles. The van der Waals surface area contributed by atoms with Crippen LogP contribution in [0.5, 0.6) is 0 Å². The number of aliphatic carboxylic acids is 1. The minimum absolute atomic E-state index is 0.133. The Balaban J connectivity index is 2.07. The first-order chi connectivity index (χ1) is 15.4. The Morgan fingerprint density at radius 1 is 1.09 bits per heavy atom. The highest BCUT2D eigenvalue weighted by Gasteiger charge is 2.56. The van der Waals surface area contributed by atoms with Gasteiger partial charge in [-0.15, -0.1) is 0 Å². The SMILES string of the molecule is COCCC1CN(C(=O)O)CC(C/C=C/c2ccccc2)C1(C(=O)O)c1ccc(N)cc1. The van der Waals surface area contributed by atoms with Gasteiger partial charge < -0.3 is 25.6 Å². The van der Waals surface area contributed by atoms with E-state index in [9.17, 15) is 19.8 Å². The van der Waals surface area contributed by atoms with Crippen molar-refractivity contribution in [1.29, 1.82) is 0 Å². The van der Waals surface area contributed by atoms with Crippen molar-refractivity contribution in [3.63, 3.8) is 0 Å². The number of rotatable bonds is 8. The summed E-state index contributed by atoms with van der Waals surface area (Å²) in [5.74, 6) is -1.87. The maximum atomic E-state index is 13.0. The number of anilines is 1. The van der Waals surface area contributed by atoms with Gasteiger partial charge in [0, 0.05) is 38.4 Å². The average molecular weight is 439 g/mol. The molecule has 3 unspecified atom stereocenters. The van der Waals surface area contributed by atoms with Gasteiger partial charge in [0.2, 0.25) is 0 Å². The summed E-state index contributed by atoms with van der Waals surface area (Å²) in [6.45, 7) is 0.609. The molecule has 32 heavy (non-hydrogen) atoms. The third kappa shape index (κ3) is 4.78. The van der Waals surface area contributed by atoms with Gasteiger partial charge in [-0.1, -0.05) is 54.6 Å². The second kappa shape index (κ2) is 10.3. The maximum Gasteiger partial charge on any atom is 0.407 e. The number of hydrogen-bond donors (Lipinski definition) is 3. The van der Waals surface area contributed by atoms with Crippen molar-refractivity contribution in [2.45, 2.75) is 18.3 Å². The Labute approximate surface area is 188 Å². The highest BCUT2D eigenvalue weighted by molar-refractivity contribution is 5.83. The number of carbonyl (C=O) groups is 2. The first-order valence-electron chi connectivity index (χ1n) is 10.7. The van der Waals surface area contributed by atoms with Crippen LogP contribution in [0.1, 0.15) is 24.0 Å². The van der Waals surface area contributed by atoms with Crippen LogP contribution in [-0.2, 0) is 14.9 Å². The summed E-state index contributed by atoms with van der Waals surface area (Å²) in [5, 5.41) is 20.4. The molecule has 1 aliphatic heterocycles. The topological polar surface area (TPSA) is 113 Å². The summed E-state index contributed by atoms with van der Waals surface area (Å²) in [6.07, 6.45) is 3.68. The fourth-order valence-corrected chi connectivity index (χ4v) is 4.86. The Hall–Kier alpha value is -3.32. The van der Waals surface area contributed by atoms with Gasteiger partial charge in [-0.25, -0.2) is 4.79 Å². The molecule has 0 saturated carbocycles. The number of nitrogen functional groups attached to an aromatic ring is 1. The van der Waals surface area contributed by atoms with E-state index in [4.69, 9.17) is 10.5 Å². The zero-order chi connectivity index (χ0) is 23.1. The number of carboxylic acids is 1. The number of ether oxygens (including phenoxy) is 1. The molecule has 3 atom stereocenters. The lowest BCUT2D eigenvalue weighted by atomic mass is 9.58. The molecule has 170 valence electrons. The predicted octanol–water partition coefficient (Wildman–Crippen LogP) is 3.96. The van der Waals surface area contributed by atoms with Gasteiger partial charge in [0.15, 0.2) is 0 Å². The Bertz CT molecular complexity index is 945. The fraction of sp³-hybridized carbons (Fsp3) is 0.360. The molecule has 2 aromatic carbocycles. The molecule has 4 N–H and O–H groups in total. The van der Waals surface area contributed by atoms with Crippen LogP contribution in [0.25, 0.3) is 6.08 Å². The first-order valence-corrected chi connectivity index (χ1v) is 10.7. The molecule has 1 saturated heterocycles. The number of amides is 1. The van der Waals surface area contributed by atoms with Crippen molar-refractivity contribution >= 4 is 23.8 Å². The van der Waals surface area contributed by atoms with Crippen molar-refractivity contribution in [3.8, 4) is 0 Å². The van der Waals surface area contributed by atoms with Gasteiger partial charge in [-0.05, 0) is 42.0 Å². The molecule has 0 radical (unpaired) electrons. The number of benzene rings is 2. The van der Waals surface area contributed by atoms with E-state index in [1.165, 1.54) is 4.90 Å². The van der Waals surface area contributed by atoms with Crippen molar-refractivity contribution in [2.75, 3.05) is 32.5 Å². The number of nitrogens with zero attached hydrogens (tertiary/aromatic N) is 1. The fourth-order valence-electron chi connectivity index (χ4n) is 4.86. The number of nitrogens with two attached hydrogens (primary N) is 1. The lowest BCUT2D eigenvalue weighted by Gasteiger charge is -2.50. The second-order valence-corrected chi connectivity index (χ2v) is 8.21. The number of allylic oxidation sites excluding steroid dienone is 1. The number of likely N-dealkylation sites (tertiary alicyclic amines) is 1. The van der Waals surface area contributed by atoms with E-state index in [1.54, 1.807) is 31.4 Å². The largest absolute Gasteiger partial charge is 0.481 e. The molecule has 1 amide bonds. The van der Waals surface area contributed by atoms with E-state index < -0.39 is 29.3 Å². The average Bonchev–Trinajstić information content (AvgIpc) is 2.78. The maximum absolute atomic E-state index is 13.0. The van der Waals surface area contributed by atoms with E-state index in [2.05, 4.69) is 0 Å². The van der Waals surface area contributed by atoms with Crippen LogP contribution in [0.3, 0.4) is 0 Å².